The lowest BCUT2D eigenvalue weighted by Crippen LogP contribution is -2.02. The quantitative estimate of drug-likeness (QED) is 0.527. The normalized spacial score (nSPS) is 10.8. The number of phenolic OH excluding ortho intramolecular Hbond substituents is 2. The molecule has 0 unspecified atom stereocenters. The highest BCUT2D eigenvalue weighted by molar-refractivity contribution is 9.10. The number of halogens is 1. The van der Waals surface area contributed by atoms with Crippen LogP contribution in [-0.2, 0) is 0 Å². The van der Waals surface area contributed by atoms with Gasteiger partial charge in [0.25, 0.3) is 0 Å². The first kappa shape index (κ1) is 12.7. The lowest BCUT2D eigenvalue weighted by Gasteiger charge is -2.05. The maximum absolute atomic E-state index is 12.0. The molecule has 0 radical (unpaired) electrons. The van der Waals surface area contributed by atoms with Crippen LogP contribution in [-0.4, -0.2) is 10.2 Å². The van der Waals surface area contributed by atoms with Crippen LogP contribution in [0.25, 0.3) is 22.1 Å². The van der Waals surface area contributed by atoms with Crippen molar-refractivity contribution in [3.63, 3.8) is 0 Å². The van der Waals surface area contributed by atoms with Crippen molar-refractivity contribution in [1.82, 2.24) is 0 Å². The highest BCUT2D eigenvalue weighted by atomic mass is 79.9. The summed E-state index contributed by atoms with van der Waals surface area (Å²) in [5.74, 6) is -0.751. The van der Waals surface area contributed by atoms with Crippen LogP contribution in [0.1, 0.15) is 0 Å². The third kappa shape index (κ3) is 2.06. The van der Waals surface area contributed by atoms with Gasteiger partial charge >= 0.3 is 5.63 Å². The van der Waals surface area contributed by atoms with Crippen LogP contribution < -0.4 is 5.63 Å². The van der Waals surface area contributed by atoms with E-state index in [1.54, 1.807) is 24.3 Å². The van der Waals surface area contributed by atoms with Crippen molar-refractivity contribution in [3.8, 4) is 22.6 Å². The first-order valence-corrected chi connectivity index (χ1v) is 6.60. The molecule has 100 valence electrons. The zero-order chi connectivity index (χ0) is 14.3. The largest absolute Gasteiger partial charge is 0.504 e. The molecule has 5 heteroatoms. The monoisotopic (exact) mass is 332 g/mol. The van der Waals surface area contributed by atoms with E-state index in [0.29, 0.717) is 10.9 Å². The van der Waals surface area contributed by atoms with Crippen molar-refractivity contribution in [3.05, 3.63) is 57.4 Å². The molecule has 0 aliphatic heterocycles. The van der Waals surface area contributed by atoms with Gasteiger partial charge in [-0.05, 0) is 35.9 Å². The summed E-state index contributed by atoms with van der Waals surface area (Å²) in [6.07, 6.45) is 0. The number of phenols is 2. The van der Waals surface area contributed by atoms with E-state index in [-0.39, 0.29) is 11.3 Å². The first-order valence-electron chi connectivity index (χ1n) is 5.81. The van der Waals surface area contributed by atoms with Gasteiger partial charge in [0.15, 0.2) is 11.3 Å². The second kappa shape index (κ2) is 4.68. The Bertz CT molecular complexity index is 850. The second-order valence-electron chi connectivity index (χ2n) is 4.31. The summed E-state index contributed by atoms with van der Waals surface area (Å²) in [6, 6.07) is 11.8. The van der Waals surface area contributed by atoms with Crippen molar-refractivity contribution in [2.45, 2.75) is 0 Å². The van der Waals surface area contributed by atoms with E-state index in [1.165, 1.54) is 6.07 Å². The predicted molar refractivity (Wildman–Crippen MR) is 78.9 cm³/mol. The average Bonchev–Trinajstić information content (AvgIpc) is 2.44. The van der Waals surface area contributed by atoms with Gasteiger partial charge < -0.3 is 14.6 Å². The van der Waals surface area contributed by atoms with Gasteiger partial charge in [-0.2, -0.15) is 0 Å². The van der Waals surface area contributed by atoms with Crippen LogP contribution in [0.5, 0.6) is 11.5 Å². The Morgan fingerprint density at radius 1 is 1.00 bits per heavy atom. The van der Waals surface area contributed by atoms with Crippen molar-refractivity contribution in [2.24, 2.45) is 0 Å². The van der Waals surface area contributed by atoms with Crippen molar-refractivity contribution < 1.29 is 14.6 Å². The molecule has 0 saturated carbocycles. The number of aromatic hydroxyl groups is 2. The fourth-order valence-corrected chi connectivity index (χ4v) is 2.25. The molecule has 0 fully saturated rings. The molecule has 0 bridgehead atoms. The van der Waals surface area contributed by atoms with Crippen LogP contribution in [0.15, 0.2) is 56.1 Å². The Labute approximate surface area is 122 Å². The molecule has 20 heavy (non-hydrogen) atoms. The minimum absolute atomic E-state index is 0.0177. The molecule has 3 rings (SSSR count). The van der Waals surface area contributed by atoms with Crippen molar-refractivity contribution in [2.75, 3.05) is 0 Å². The van der Waals surface area contributed by atoms with E-state index in [4.69, 9.17) is 4.42 Å². The van der Waals surface area contributed by atoms with Crippen LogP contribution in [0, 0.1) is 0 Å². The summed E-state index contributed by atoms with van der Waals surface area (Å²) in [4.78, 5) is 12.0. The molecule has 0 aliphatic carbocycles. The Morgan fingerprint density at radius 3 is 2.40 bits per heavy atom. The summed E-state index contributed by atoms with van der Waals surface area (Å²) < 4.78 is 6.02. The van der Waals surface area contributed by atoms with Crippen LogP contribution >= 0.6 is 15.9 Å². The SMILES string of the molecule is O=c1oc2c(O)c(O)ccc2cc1-c1ccc(Br)cc1. The summed E-state index contributed by atoms with van der Waals surface area (Å²) in [5.41, 5.74) is 0.531. The lowest BCUT2D eigenvalue weighted by molar-refractivity contribution is 0.398. The number of hydrogen-bond acceptors (Lipinski definition) is 4. The highest BCUT2D eigenvalue weighted by Crippen LogP contribution is 2.34. The third-order valence-electron chi connectivity index (χ3n) is 3.01. The molecule has 4 nitrogen and oxygen atoms in total. The van der Waals surface area contributed by atoms with Gasteiger partial charge in [-0.25, -0.2) is 4.79 Å². The topological polar surface area (TPSA) is 70.7 Å². The van der Waals surface area contributed by atoms with E-state index < -0.39 is 11.4 Å². The molecule has 3 aromatic rings. The van der Waals surface area contributed by atoms with Crippen LogP contribution in [0.2, 0.25) is 0 Å². The number of rotatable bonds is 1. The molecule has 0 spiro atoms. The van der Waals surface area contributed by atoms with Gasteiger partial charge in [-0.15, -0.1) is 0 Å². The zero-order valence-electron chi connectivity index (χ0n) is 10.1. The molecule has 0 amide bonds. The second-order valence-corrected chi connectivity index (χ2v) is 5.22. The summed E-state index contributed by atoms with van der Waals surface area (Å²) in [5, 5.41) is 19.6. The minimum atomic E-state index is -0.569. The van der Waals surface area contributed by atoms with Gasteiger partial charge in [0.1, 0.15) is 0 Å². The Morgan fingerprint density at radius 2 is 1.70 bits per heavy atom. The molecular formula is C15H9BrO4. The van der Waals surface area contributed by atoms with Gasteiger partial charge in [0.05, 0.1) is 5.56 Å². The lowest BCUT2D eigenvalue weighted by atomic mass is 10.1. The molecule has 1 heterocycles. The first-order chi connectivity index (χ1) is 9.56. The maximum atomic E-state index is 12.0. The predicted octanol–water partition coefficient (Wildman–Crippen LogP) is 3.63. The standard InChI is InChI=1S/C15H9BrO4/c16-10-4-1-8(2-5-10)11-7-9-3-6-12(17)13(18)14(9)20-15(11)19/h1-7,17-18H. The summed E-state index contributed by atoms with van der Waals surface area (Å²) >= 11 is 3.33. The fourth-order valence-electron chi connectivity index (χ4n) is 1.99. The van der Waals surface area contributed by atoms with Gasteiger partial charge in [-0.1, -0.05) is 28.1 Å². The minimum Gasteiger partial charge on any atom is -0.504 e. The highest BCUT2D eigenvalue weighted by Gasteiger charge is 2.12. The summed E-state index contributed by atoms with van der Waals surface area (Å²) in [6.45, 7) is 0. The Hall–Kier alpha value is -2.27. The number of benzene rings is 2. The van der Waals surface area contributed by atoms with E-state index >= 15 is 0 Å². The van der Waals surface area contributed by atoms with Crippen molar-refractivity contribution >= 4 is 26.9 Å². The molecule has 0 atom stereocenters. The van der Waals surface area contributed by atoms with Gasteiger partial charge in [0.2, 0.25) is 5.75 Å². The third-order valence-corrected chi connectivity index (χ3v) is 3.54. The van der Waals surface area contributed by atoms with E-state index in [2.05, 4.69) is 15.9 Å². The zero-order valence-corrected chi connectivity index (χ0v) is 11.7. The number of fused-ring (bicyclic) bond motifs is 1. The molecular weight excluding hydrogens is 324 g/mol. The fraction of sp³-hybridized carbons (Fsp3) is 0. The molecule has 2 N–H and O–H groups in total. The molecule has 2 aromatic carbocycles. The molecule has 0 aliphatic rings. The summed E-state index contributed by atoms with van der Waals surface area (Å²) in [7, 11) is 0. The van der Waals surface area contributed by atoms with E-state index in [0.717, 1.165) is 10.0 Å². The molecule has 1 aromatic heterocycles. The van der Waals surface area contributed by atoms with Crippen LogP contribution in [0.4, 0.5) is 0 Å². The Kier molecular flexibility index (Phi) is 2.99. The van der Waals surface area contributed by atoms with Gasteiger partial charge in [-0.3, -0.25) is 0 Å². The molecule has 0 saturated heterocycles. The average molecular weight is 333 g/mol. The Balaban J connectivity index is 2.28. The number of hydrogen-bond donors (Lipinski definition) is 2. The smallest absolute Gasteiger partial charge is 0.344 e. The van der Waals surface area contributed by atoms with Gasteiger partial charge in [0, 0.05) is 9.86 Å². The van der Waals surface area contributed by atoms with E-state index in [1.807, 2.05) is 12.1 Å². The van der Waals surface area contributed by atoms with Crippen LogP contribution in [0.3, 0.4) is 0 Å². The van der Waals surface area contributed by atoms with Crippen molar-refractivity contribution in [1.29, 1.82) is 0 Å². The maximum Gasteiger partial charge on any atom is 0.344 e. The van der Waals surface area contributed by atoms with E-state index in [9.17, 15) is 15.0 Å².